The highest BCUT2D eigenvalue weighted by Gasteiger charge is 2.20. The molecule has 0 atom stereocenters. The highest BCUT2D eigenvalue weighted by Crippen LogP contribution is 2.22. The van der Waals surface area contributed by atoms with E-state index in [4.69, 9.17) is 0 Å². The number of guanidine groups is 1. The molecule has 0 unspecified atom stereocenters. The van der Waals surface area contributed by atoms with Crippen LogP contribution in [0.15, 0.2) is 46.9 Å². The molecular formula is C19H26IN7S. The Hall–Kier alpha value is -1.88. The Morgan fingerprint density at radius 1 is 1.14 bits per heavy atom. The molecule has 0 spiro atoms. The van der Waals surface area contributed by atoms with Crippen LogP contribution in [-0.4, -0.2) is 65.2 Å². The van der Waals surface area contributed by atoms with Gasteiger partial charge in [-0.1, -0.05) is 6.07 Å². The Morgan fingerprint density at radius 2 is 2.00 bits per heavy atom. The molecule has 0 aromatic carbocycles. The first-order valence-electron chi connectivity index (χ1n) is 9.38. The van der Waals surface area contributed by atoms with Gasteiger partial charge in [-0.25, -0.2) is 0 Å². The topological polar surface area (TPSA) is 61.1 Å². The van der Waals surface area contributed by atoms with Crippen molar-refractivity contribution in [1.82, 2.24) is 24.8 Å². The first kappa shape index (κ1) is 20.8. The Balaban J connectivity index is 0.00000225. The number of piperazine rings is 1. The smallest absolute Gasteiger partial charge is 0.193 e. The zero-order valence-electron chi connectivity index (χ0n) is 16.0. The van der Waals surface area contributed by atoms with Crippen molar-refractivity contribution in [3.63, 3.8) is 0 Å². The number of anilines is 1. The minimum absolute atomic E-state index is 0. The summed E-state index contributed by atoms with van der Waals surface area (Å²) in [5.41, 5.74) is 0.903. The van der Waals surface area contributed by atoms with Crippen LogP contribution in [0.2, 0.25) is 0 Å². The lowest BCUT2D eigenvalue weighted by Gasteiger charge is -2.37. The van der Waals surface area contributed by atoms with Gasteiger partial charge in [0.2, 0.25) is 0 Å². The summed E-state index contributed by atoms with van der Waals surface area (Å²) in [6.07, 6.45) is 3.90. The van der Waals surface area contributed by atoms with E-state index in [9.17, 15) is 0 Å². The van der Waals surface area contributed by atoms with Gasteiger partial charge in [-0.2, -0.15) is 0 Å². The van der Waals surface area contributed by atoms with Crippen LogP contribution in [0.1, 0.15) is 12.2 Å². The summed E-state index contributed by atoms with van der Waals surface area (Å²) in [6, 6.07) is 10.3. The van der Waals surface area contributed by atoms with Gasteiger partial charge in [0, 0.05) is 52.4 Å². The van der Waals surface area contributed by atoms with Crippen LogP contribution in [0.5, 0.6) is 0 Å². The van der Waals surface area contributed by atoms with E-state index >= 15 is 0 Å². The second-order valence-corrected chi connectivity index (χ2v) is 7.47. The third-order valence-electron chi connectivity index (χ3n) is 4.85. The molecule has 0 aliphatic carbocycles. The number of hydrogen-bond acceptors (Lipinski definition) is 5. The van der Waals surface area contributed by atoms with Gasteiger partial charge in [-0.3, -0.25) is 9.39 Å². The molecule has 4 heterocycles. The van der Waals surface area contributed by atoms with Gasteiger partial charge in [0.15, 0.2) is 11.6 Å². The zero-order chi connectivity index (χ0) is 18.5. The number of nitrogens with zero attached hydrogens (tertiary/aromatic N) is 6. The fourth-order valence-electron chi connectivity index (χ4n) is 3.43. The van der Waals surface area contributed by atoms with Crippen LogP contribution in [0.4, 0.5) is 5.00 Å². The Kier molecular flexibility index (Phi) is 7.49. The van der Waals surface area contributed by atoms with Crippen LogP contribution in [0, 0.1) is 0 Å². The van der Waals surface area contributed by atoms with Crippen molar-refractivity contribution in [2.45, 2.75) is 12.8 Å². The van der Waals surface area contributed by atoms with Crippen LogP contribution in [0.3, 0.4) is 0 Å². The molecule has 1 N–H and O–H groups in total. The number of nitrogens with one attached hydrogen (secondary N) is 1. The summed E-state index contributed by atoms with van der Waals surface area (Å²) >= 11 is 1.81. The SMILES string of the molecule is CN=C(NCCCc1nnc2ccccn12)N1CCN(c2cccs2)CC1.I. The molecule has 1 aliphatic heterocycles. The number of aromatic nitrogens is 3. The lowest BCUT2D eigenvalue weighted by molar-refractivity contribution is 0.373. The monoisotopic (exact) mass is 511 g/mol. The molecule has 28 heavy (non-hydrogen) atoms. The number of aliphatic imine (C=N–C) groups is 1. The van der Waals surface area contributed by atoms with E-state index < -0.39 is 0 Å². The third kappa shape index (κ3) is 4.75. The number of halogens is 1. The highest BCUT2D eigenvalue weighted by atomic mass is 127. The number of aryl methyl sites for hydroxylation is 1. The highest BCUT2D eigenvalue weighted by molar-refractivity contribution is 14.0. The first-order chi connectivity index (χ1) is 13.3. The average molecular weight is 511 g/mol. The minimum atomic E-state index is 0. The summed E-state index contributed by atoms with van der Waals surface area (Å²) in [6.45, 7) is 4.93. The van der Waals surface area contributed by atoms with Gasteiger partial charge >= 0.3 is 0 Å². The van der Waals surface area contributed by atoms with E-state index in [1.54, 1.807) is 0 Å². The summed E-state index contributed by atoms with van der Waals surface area (Å²) in [4.78, 5) is 9.26. The molecular weight excluding hydrogens is 485 g/mol. The standard InChI is InChI=1S/C19H25N7S.HI/c1-20-19(25-13-11-24(12-14-25)18-8-5-15-27-18)21-9-4-7-17-23-22-16-6-2-3-10-26(16)17;/h2-3,5-6,8,10,15H,4,7,9,11-14H2,1H3,(H,20,21);1H. The average Bonchev–Trinajstić information content (AvgIpc) is 3.39. The van der Waals surface area contributed by atoms with E-state index in [2.05, 4.69) is 52.2 Å². The van der Waals surface area contributed by atoms with Crippen molar-refractivity contribution in [2.75, 3.05) is 44.7 Å². The van der Waals surface area contributed by atoms with E-state index in [0.717, 1.165) is 63.0 Å². The van der Waals surface area contributed by atoms with Crippen molar-refractivity contribution in [1.29, 1.82) is 0 Å². The molecule has 150 valence electrons. The maximum absolute atomic E-state index is 4.47. The lowest BCUT2D eigenvalue weighted by atomic mass is 10.3. The molecule has 9 heteroatoms. The molecule has 0 saturated carbocycles. The molecule has 1 aliphatic rings. The van der Waals surface area contributed by atoms with Crippen LogP contribution >= 0.6 is 35.3 Å². The summed E-state index contributed by atoms with van der Waals surface area (Å²) < 4.78 is 2.05. The second kappa shape index (κ2) is 10.1. The van der Waals surface area contributed by atoms with E-state index in [-0.39, 0.29) is 24.0 Å². The molecule has 3 aromatic heterocycles. The largest absolute Gasteiger partial charge is 0.360 e. The second-order valence-electron chi connectivity index (χ2n) is 6.55. The molecule has 0 amide bonds. The predicted octanol–water partition coefficient (Wildman–Crippen LogP) is 2.74. The van der Waals surface area contributed by atoms with Gasteiger partial charge in [0.05, 0.1) is 5.00 Å². The summed E-state index contributed by atoms with van der Waals surface area (Å²) in [5, 5.41) is 15.5. The Labute approximate surface area is 186 Å². The van der Waals surface area contributed by atoms with Crippen LogP contribution in [-0.2, 0) is 6.42 Å². The van der Waals surface area contributed by atoms with Crippen molar-refractivity contribution < 1.29 is 0 Å². The van der Waals surface area contributed by atoms with Crippen molar-refractivity contribution >= 4 is 51.9 Å². The number of hydrogen-bond donors (Lipinski definition) is 1. The fourth-order valence-corrected chi connectivity index (χ4v) is 4.21. The van der Waals surface area contributed by atoms with E-state index in [1.165, 1.54) is 5.00 Å². The lowest BCUT2D eigenvalue weighted by Crippen LogP contribution is -2.52. The van der Waals surface area contributed by atoms with Crippen molar-refractivity contribution in [3.05, 3.63) is 47.7 Å². The predicted molar refractivity (Wildman–Crippen MR) is 126 cm³/mol. The number of thiophene rings is 1. The Bertz CT molecular complexity index is 885. The number of pyridine rings is 1. The zero-order valence-corrected chi connectivity index (χ0v) is 19.1. The van der Waals surface area contributed by atoms with Gasteiger partial charge < -0.3 is 15.1 Å². The molecule has 1 fully saturated rings. The fraction of sp³-hybridized carbons (Fsp3) is 0.421. The van der Waals surface area contributed by atoms with Gasteiger partial charge in [0.1, 0.15) is 5.82 Å². The molecule has 1 saturated heterocycles. The molecule has 3 aromatic rings. The molecule has 7 nitrogen and oxygen atoms in total. The number of rotatable bonds is 5. The quantitative estimate of drug-likeness (QED) is 0.247. The summed E-state index contributed by atoms with van der Waals surface area (Å²) in [7, 11) is 1.86. The van der Waals surface area contributed by atoms with Crippen molar-refractivity contribution in [3.8, 4) is 0 Å². The van der Waals surface area contributed by atoms with Gasteiger partial charge in [-0.15, -0.1) is 45.5 Å². The molecule has 4 rings (SSSR count). The first-order valence-corrected chi connectivity index (χ1v) is 10.3. The summed E-state index contributed by atoms with van der Waals surface area (Å²) in [5.74, 6) is 2.00. The maximum atomic E-state index is 4.47. The molecule has 0 radical (unpaired) electrons. The van der Waals surface area contributed by atoms with Crippen LogP contribution < -0.4 is 10.2 Å². The Morgan fingerprint density at radius 3 is 2.75 bits per heavy atom. The van der Waals surface area contributed by atoms with Crippen molar-refractivity contribution in [2.24, 2.45) is 4.99 Å². The number of fused-ring (bicyclic) bond motifs is 1. The molecule has 0 bridgehead atoms. The maximum Gasteiger partial charge on any atom is 0.193 e. The van der Waals surface area contributed by atoms with E-state index in [1.807, 2.05) is 42.8 Å². The normalized spacial score (nSPS) is 15.0. The minimum Gasteiger partial charge on any atom is -0.360 e. The third-order valence-corrected chi connectivity index (χ3v) is 5.78. The van der Waals surface area contributed by atoms with Gasteiger partial charge in [-0.05, 0) is 36.1 Å². The van der Waals surface area contributed by atoms with Gasteiger partial charge in [0.25, 0.3) is 0 Å². The van der Waals surface area contributed by atoms with E-state index in [0.29, 0.717) is 0 Å². The van der Waals surface area contributed by atoms with Crippen LogP contribution in [0.25, 0.3) is 5.65 Å².